The molecule has 0 aromatic heterocycles. The smallest absolute Gasteiger partial charge is 0.335 e. The lowest BCUT2D eigenvalue weighted by Crippen LogP contribution is -2.47. The molecule has 1 saturated carbocycles. The van der Waals surface area contributed by atoms with Gasteiger partial charge < -0.3 is 10.0 Å². The number of rotatable bonds is 3. The van der Waals surface area contributed by atoms with Crippen LogP contribution in [0.1, 0.15) is 28.8 Å². The van der Waals surface area contributed by atoms with Gasteiger partial charge in [-0.15, -0.1) is 12.4 Å². The molecule has 1 saturated heterocycles. The van der Waals surface area contributed by atoms with Crippen molar-refractivity contribution in [2.75, 3.05) is 31.1 Å². The number of hydrogen-bond donors (Lipinski definition) is 1. The van der Waals surface area contributed by atoms with Crippen molar-refractivity contribution in [1.29, 1.82) is 0 Å². The largest absolute Gasteiger partial charge is 0.478 e. The van der Waals surface area contributed by atoms with Gasteiger partial charge in [0.1, 0.15) is 0 Å². The Bertz CT molecular complexity index is 495. The second kappa shape index (κ2) is 6.02. The van der Waals surface area contributed by atoms with Crippen LogP contribution in [0, 0.1) is 6.92 Å². The van der Waals surface area contributed by atoms with Gasteiger partial charge in [-0.1, -0.05) is 0 Å². The van der Waals surface area contributed by atoms with Crippen molar-refractivity contribution in [3.05, 3.63) is 29.3 Å². The number of carboxylic acids is 1. The fourth-order valence-corrected chi connectivity index (χ4v) is 2.91. The van der Waals surface area contributed by atoms with E-state index >= 15 is 0 Å². The van der Waals surface area contributed by atoms with Gasteiger partial charge in [0.15, 0.2) is 0 Å². The minimum atomic E-state index is -0.854. The van der Waals surface area contributed by atoms with Gasteiger partial charge in [0.2, 0.25) is 0 Å². The third kappa shape index (κ3) is 3.07. The minimum Gasteiger partial charge on any atom is -0.478 e. The van der Waals surface area contributed by atoms with Crippen molar-refractivity contribution in [2.24, 2.45) is 0 Å². The van der Waals surface area contributed by atoms with Crippen LogP contribution in [0.15, 0.2) is 18.2 Å². The Kier molecular flexibility index (Phi) is 4.55. The summed E-state index contributed by atoms with van der Waals surface area (Å²) in [5.74, 6) is -0.854. The Balaban J connectivity index is 0.00000147. The molecule has 1 aromatic carbocycles. The summed E-state index contributed by atoms with van der Waals surface area (Å²) in [5.41, 5.74) is 2.61. The zero-order chi connectivity index (χ0) is 13.4. The lowest BCUT2D eigenvalue weighted by Gasteiger charge is -2.37. The minimum absolute atomic E-state index is 0. The van der Waals surface area contributed by atoms with Crippen LogP contribution in [0.25, 0.3) is 0 Å². The van der Waals surface area contributed by atoms with Crippen molar-refractivity contribution in [1.82, 2.24) is 4.90 Å². The van der Waals surface area contributed by atoms with E-state index in [0.29, 0.717) is 5.56 Å². The average molecular weight is 297 g/mol. The molecule has 0 radical (unpaired) electrons. The summed E-state index contributed by atoms with van der Waals surface area (Å²) in [7, 11) is 0. The number of hydrogen-bond acceptors (Lipinski definition) is 3. The Labute approximate surface area is 125 Å². The van der Waals surface area contributed by atoms with Crippen molar-refractivity contribution < 1.29 is 9.90 Å². The second-order valence-corrected chi connectivity index (χ2v) is 5.56. The quantitative estimate of drug-likeness (QED) is 0.930. The fourth-order valence-electron chi connectivity index (χ4n) is 2.91. The fraction of sp³-hybridized carbons (Fsp3) is 0.533. The van der Waals surface area contributed by atoms with Gasteiger partial charge in [0.05, 0.1) is 5.56 Å². The summed E-state index contributed by atoms with van der Waals surface area (Å²) in [6, 6.07) is 6.27. The van der Waals surface area contributed by atoms with E-state index in [1.54, 1.807) is 12.1 Å². The van der Waals surface area contributed by atoms with E-state index < -0.39 is 5.97 Å². The van der Waals surface area contributed by atoms with E-state index in [9.17, 15) is 4.79 Å². The summed E-state index contributed by atoms with van der Waals surface area (Å²) in [4.78, 5) is 15.9. The predicted octanol–water partition coefficient (Wildman–Crippen LogP) is 2.40. The predicted molar refractivity (Wildman–Crippen MR) is 82.2 cm³/mol. The van der Waals surface area contributed by atoms with E-state index in [2.05, 4.69) is 9.80 Å². The molecule has 110 valence electrons. The summed E-state index contributed by atoms with van der Waals surface area (Å²) in [5, 5.41) is 8.99. The first-order chi connectivity index (χ1) is 9.15. The summed E-state index contributed by atoms with van der Waals surface area (Å²) in [6.07, 6.45) is 2.73. The Morgan fingerprint density at radius 3 is 2.35 bits per heavy atom. The van der Waals surface area contributed by atoms with Crippen molar-refractivity contribution in [3.63, 3.8) is 0 Å². The lowest BCUT2D eigenvalue weighted by molar-refractivity contribution is 0.0697. The number of carboxylic acid groups (broad SMARTS) is 1. The van der Waals surface area contributed by atoms with Crippen LogP contribution >= 0.6 is 12.4 Å². The van der Waals surface area contributed by atoms with Gasteiger partial charge in [-0.05, 0) is 43.5 Å². The standard InChI is InChI=1S/C15H20N2O2.ClH/c1-11-10-12(15(18)19)2-5-14(11)17-8-6-16(7-9-17)13-3-4-13;/h2,5,10,13H,3-4,6-9H2,1H3,(H,18,19);1H. The molecule has 0 atom stereocenters. The van der Waals surface area contributed by atoms with Crippen molar-refractivity contribution >= 4 is 24.1 Å². The van der Waals surface area contributed by atoms with Crippen LogP contribution in [0.2, 0.25) is 0 Å². The molecule has 1 heterocycles. The Hall–Kier alpha value is -1.26. The maximum absolute atomic E-state index is 10.9. The molecule has 1 aliphatic heterocycles. The maximum atomic E-state index is 10.9. The van der Waals surface area contributed by atoms with Crippen LogP contribution in [0.4, 0.5) is 5.69 Å². The highest BCUT2D eigenvalue weighted by atomic mass is 35.5. The van der Waals surface area contributed by atoms with E-state index in [1.165, 1.54) is 18.5 Å². The number of anilines is 1. The van der Waals surface area contributed by atoms with Crippen molar-refractivity contribution in [2.45, 2.75) is 25.8 Å². The normalized spacial score (nSPS) is 19.6. The molecule has 3 rings (SSSR count). The molecule has 0 amide bonds. The summed E-state index contributed by atoms with van der Waals surface area (Å²) in [6.45, 7) is 6.35. The average Bonchev–Trinajstić information content (AvgIpc) is 3.23. The summed E-state index contributed by atoms with van der Waals surface area (Å²) < 4.78 is 0. The number of aromatic carboxylic acids is 1. The number of carbonyl (C=O) groups is 1. The second-order valence-electron chi connectivity index (χ2n) is 5.56. The van der Waals surface area contributed by atoms with Crippen molar-refractivity contribution in [3.8, 4) is 0 Å². The molecule has 1 N–H and O–H groups in total. The molecule has 2 fully saturated rings. The number of aryl methyl sites for hydroxylation is 1. The molecule has 0 unspecified atom stereocenters. The van der Waals surface area contributed by atoms with Gasteiger partial charge in [-0.2, -0.15) is 0 Å². The number of piperazine rings is 1. The molecule has 0 bridgehead atoms. The maximum Gasteiger partial charge on any atom is 0.335 e. The van der Waals surface area contributed by atoms with E-state index in [-0.39, 0.29) is 12.4 Å². The third-order valence-corrected chi connectivity index (χ3v) is 4.16. The molecular formula is C15H21ClN2O2. The van der Waals surface area contributed by atoms with E-state index in [1.807, 2.05) is 13.0 Å². The molecule has 5 heteroatoms. The van der Waals surface area contributed by atoms with Gasteiger partial charge in [0, 0.05) is 37.9 Å². The zero-order valence-electron chi connectivity index (χ0n) is 11.7. The van der Waals surface area contributed by atoms with Crippen LogP contribution in [-0.2, 0) is 0 Å². The summed E-state index contributed by atoms with van der Waals surface area (Å²) >= 11 is 0. The Morgan fingerprint density at radius 2 is 1.85 bits per heavy atom. The highest BCUT2D eigenvalue weighted by Gasteiger charge is 2.31. The third-order valence-electron chi connectivity index (χ3n) is 4.16. The van der Waals surface area contributed by atoms with E-state index in [4.69, 9.17) is 5.11 Å². The highest BCUT2D eigenvalue weighted by Crippen LogP contribution is 2.29. The van der Waals surface area contributed by atoms with Crippen LogP contribution in [0.5, 0.6) is 0 Å². The molecule has 0 spiro atoms. The first-order valence-electron chi connectivity index (χ1n) is 6.98. The Morgan fingerprint density at radius 1 is 1.20 bits per heavy atom. The van der Waals surface area contributed by atoms with Gasteiger partial charge in [-0.3, -0.25) is 4.90 Å². The van der Waals surface area contributed by atoms with Crippen LogP contribution in [0.3, 0.4) is 0 Å². The van der Waals surface area contributed by atoms with Crippen LogP contribution < -0.4 is 4.90 Å². The number of nitrogens with zero attached hydrogens (tertiary/aromatic N) is 2. The highest BCUT2D eigenvalue weighted by molar-refractivity contribution is 5.88. The number of benzene rings is 1. The zero-order valence-corrected chi connectivity index (χ0v) is 12.5. The lowest BCUT2D eigenvalue weighted by atomic mass is 10.1. The SMILES string of the molecule is Cc1cc(C(=O)O)ccc1N1CCN(C2CC2)CC1.Cl. The van der Waals surface area contributed by atoms with E-state index in [0.717, 1.165) is 37.8 Å². The molecule has 1 aliphatic carbocycles. The number of halogens is 1. The molecule has 20 heavy (non-hydrogen) atoms. The van der Waals surface area contributed by atoms with Gasteiger partial charge in [-0.25, -0.2) is 4.79 Å². The van der Waals surface area contributed by atoms with Gasteiger partial charge >= 0.3 is 5.97 Å². The molecular weight excluding hydrogens is 276 g/mol. The first-order valence-corrected chi connectivity index (χ1v) is 6.98. The molecule has 4 nitrogen and oxygen atoms in total. The molecule has 1 aromatic rings. The van der Waals surface area contributed by atoms with Crippen LogP contribution in [-0.4, -0.2) is 48.2 Å². The molecule has 2 aliphatic rings. The monoisotopic (exact) mass is 296 g/mol. The topological polar surface area (TPSA) is 43.8 Å². The first kappa shape index (κ1) is 15.1. The van der Waals surface area contributed by atoms with Gasteiger partial charge in [0.25, 0.3) is 0 Å².